The molecule has 2 N–H and O–H groups in total. The van der Waals surface area contributed by atoms with Gasteiger partial charge in [-0.05, 0) is 85.9 Å². The molecule has 4 aliphatic rings. The molecule has 4 saturated carbocycles. The lowest BCUT2D eigenvalue weighted by Gasteiger charge is -2.64. The zero-order chi connectivity index (χ0) is 15.6. The second-order valence-corrected chi connectivity index (χ2v) is 9.93. The molecular formula is C20H34O2. The summed E-state index contributed by atoms with van der Waals surface area (Å²) in [5, 5.41) is 20.3. The molecule has 0 aromatic heterocycles. The molecule has 0 unspecified atom stereocenters. The molecule has 4 fully saturated rings. The number of hydrogen-bond donors (Lipinski definition) is 2. The fourth-order valence-electron chi connectivity index (χ4n) is 8.09. The average molecular weight is 306 g/mol. The molecule has 6 atom stereocenters. The molecule has 2 nitrogen and oxygen atoms in total. The summed E-state index contributed by atoms with van der Waals surface area (Å²) in [6, 6.07) is 0. The SMILES string of the molecule is CC1(C)CCC[C@@]2(CO)[C@H]1CC[C@@]13C[C@@H](CO)[C@@H](CC[C@@H]12)C3. The van der Waals surface area contributed by atoms with Crippen LogP contribution < -0.4 is 0 Å². The largest absolute Gasteiger partial charge is 0.396 e. The summed E-state index contributed by atoms with van der Waals surface area (Å²) in [7, 11) is 0. The minimum atomic E-state index is 0.190. The summed E-state index contributed by atoms with van der Waals surface area (Å²) in [5.74, 6) is 2.74. The van der Waals surface area contributed by atoms with Crippen molar-refractivity contribution in [3.05, 3.63) is 0 Å². The van der Waals surface area contributed by atoms with E-state index >= 15 is 0 Å². The van der Waals surface area contributed by atoms with Crippen molar-refractivity contribution >= 4 is 0 Å². The topological polar surface area (TPSA) is 40.5 Å². The van der Waals surface area contributed by atoms with Gasteiger partial charge < -0.3 is 10.2 Å². The monoisotopic (exact) mass is 306 g/mol. The first kappa shape index (κ1) is 15.4. The van der Waals surface area contributed by atoms with Crippen LogP contribution in [0.2, 0.25) is 0 Å². The lowest BCUT2D eigenvalue weighted by Crippen LogP contribution is -2.58. The van der Waals surface area contributed by atoms with Gasteiger partial charge in [-0.25, -0.2) is 0 Å². The Labute approximate surface area is 135 Å². The quantitative estimate of drug-likeness (QED) is 0.809. The van der Waals surface area contributed by atoms with Gasteiger partial charge in [0.15, 0.2) is 0 Å². The molecule has 22 heavy (non-hydrogen) atoms. The first-order valence-electron chi connectivity index (χ1n) is 9.69. The number of aliphatic hydroxyl groups excluding tert-OH is 2. The van der Waals surface area contributed by atoms with E-state index in [0.29, 0.717) is 35.9 Å². The van der Waals surface area contributed by atoms with E-state index in [1.807, 2.05) is 0 Å². The van der Waals surface area contributed by atoms with Crippen LogP contribution in [0.25, 0.3) is 0 Å². The van der Waals surface area contributed by atoms with E-state index in [1.54, 1.807) is 0 Å². The number of hydrogen-bond acceptors (Lipinski definition) is 2. The highest BCUT2D eigenvalue weighted by Crippen LogP contribution is 2.72. The van der Waals surface area contributed by atoms with Crippen molar-refractivity contribution in [3.8, 4) is 0 Å². The van der Waals surface area contributed by atoms with Crippen molar-refractivity contribution in [1.29, 1.82) is 0 Å². The second-order valence-electron chi connectivity index (χ2n) is 9.93. The van der Waals surface area contributed by atoms with Crippen LogP contribution in [0.4, 0.5) is 0 Å². The number of fused-ring (bicyclic) bond motifs is 3. The van der Waals surface area contributed by atoms with Crippen molar-refractivity contribution in [3.63, 3.8) is 0 Å². The summed E-state index contributed by atoms with van der Waals surface area (Å²) in [4.78, 5) is 0. The van der Waals surface area contributed by atoms with Gasteiger partial charge in [-0.3, -0.25) is 0 Å². The summed E-state index contributed by atoms with van der Waals surface area (Å²) in [5.41, 5.74) is 1.05. The standard InChI is InChI=1S/C20H34O2/c1-18(2)7-3-8-20(13-22)16(18)6-9-19-10-14(4-5-17(19)20)15(11-19)12-21/h14-17,21-22H,3-13H2,1-2H3/t14-,15-,16-,17-,19+,20+/m0/s1. The van der Waals surface area contributed by atoms with E-state index in [4.69, 9.17) is 0 Å². The van der Waals surface area contributed by atoms with Gasteiger partial charge in [-0.15, -0.1) is 0 Å². The average Bonchev–Trinajstić information content (AvgIpc) is 2.77. The molecule has 0 heterocycles. The Kier molecular flexibility index (Phi) is 3.48. The fourth-order valence-corrected chi connectivity index (χ4v) is 8.09. The van der Waals surface area contributed by atoms with Crippen molar-refractivity contribution in [2.45, 2.75) is 71.6 Å². The number of rotatable bonds is 2. The summed E-state index contributed by atoms with van der Waals surface area (Å²) < 4.78 is 0. The van der Waals surface area contributed by atoms with Gasteiger partial charge in [0.2, 0.25) is 0 Å². The molecule has 0 saturated heterocycles. The zero-order valence-corrected chi connectivity index (χ0v) is 14.5. The molecule has 4 rings (SSSR count). The normalized spacial score (nSPS) is 52.9. The third kappa shape index (κ3) is 1.86. The summed E-state index contributed by atoms with van der Waals surface area (Å²) >= 11 is 0. The Morgan fingerprint density at radius 2 is 1.73 bits per heavy atom. The van der Waals surface area contributed by atoms with Gasteiger partial charge in [0, 0.05) is 18.6 Å². The molecule has 0 amide bonds. The highest BCUT2D eigenvalue weighted by Gasteiger charge is 2.65. The van der Waals surface area contributed by atoms with Crippen molar-refractivity contribution < 1.29 is 10.2 Å². The highest BCUT2D eigenvalue weighted by molar-refractivity contribution is 5.14. The summed E-state index contributed by atoms with van der Waals surface area (Å²) in [6.07, 6.45) is 11.8. The summed E-state index contributed by atoms with van der Waals surface area (Å²) in [6.45, 7) is 5.70. The molecule has 0 aliphatic heterocycles. The van der Waals surface area contributed by atoms with Gasteiger partial charge in [-0.1, -0.05) is 20.3 Å². The Morgan fingerprint density at radius 3 is 2.45 bits per heavy atom. The Balaban J connectivity index is 1.73. The molecule has 0 radical (unpaired) electrons. The predicted molar refractivity (Wildman–Crippen MR) is 88.3 cm³/mol. The van der Waals surface area contributed by atoms with Gasteiger partial charge in [0.1, 0.15) is 0 Å². The lowest BCUT2D eigenvalue weighted by atomic mass is 9.41. The van der Waals surface area contributed by atoms with E-state index in [0.717, 1.165) is 11.8 Å². The molecule has 0 aromatic rings. The van der Waals surface area contributed by atoms with Crippen LogP contribution in [0.15, 0.2) is 0 Å². The molecule has 0 aromatic carbocycles. The third-order valence-electron chi connectivity index (χ3n) is 8.82. The van der Waals surface area contributed by atoms with Crippen LogP contribution in [-0.4, -0.2) is 23.4 Å². The smallest absolute Gasteiger partial charge is 0.0493 e. The van der Waals surface area contributed by atoms with Gasteiger partial charge in [0.25, 0.3) is 0 Å². The van der Waals surface area contributed by atoms with Crippen molar-refractivity contribution in [2.24, 2.45) is 39.9 Å². The maximum absolute atomic E-state index is 10.5. The lowest BCUT2D eigenvalue weighted by molar-refractivity contribution is -0.173. The van der Waals surface area contributed by atoms with Crippen LogP contribution in [0.1, 0.15) is 71.6 Å². The molecule has 126 valence electrons. The third-order valence-corrected chi connectivity index (χ3v) is 8.82. The Morgan fingerprint density at radius 1 is 0.909 bits per heavy atom. The van der Waals surface area contributed by atoms with E-state index in [2.05, 4.69) is 13.8 Å². The first-order valence-corrected chi connectivity index (χ1v) is 9.69. The predicted octanol–water partition coefficient (Wildman–Crippen LogP) is 4.00. The van der Waals surface area contributed by atoms with Crippen LogP contribution >= 0.6 is 0 Å². The number of aliphatic hydroxyl groups is 2. The van der Waals surface area contributed by atoms with E-state index in [-0.39, 0.29) is 5.41 Å². The maximum Gasteiger partial charge on any atom is 0.0493 e. The zero-order valence-electron chi connectivity index (χ0n) is 14.5. The van der Waals surface area contributed by atoms with E-state index in [1.165, 1.54) is 57.8 Å². The minimum Gasteiger partial charge on any atom is -0.396 e. The fraction of sp³-hybridized carbons (Fsp3) is 1.00. The molecule has 1 spiro atoms. The van der Waals surface area contributed by atoms with Crippen molar-refractivity contribution in [2.75, 3.05) is 13.2 Å². The molecule has 4 aliphatic carbocycles. The first-order chi connectivity index (χ1) is 10.5. The second kappa shape index (κ2) is 4.96. The van der Waals surface area contributed by atoms with E-state index in [9.17, 15) is 10.2 Å². The van der Waals surface area contributed by atoms with Gasteiger partial charge >= 0.3 is 0 Å². The van der Waals surface area contributed by atoms with Crippen LogP contribution in [0.3, 0.4) is 0 Å². The van der Waals surface area contributed by atoms with Gasteiger partial charge in [0.05, 0.1) is 0 Å². The Bertz CT molecular complexity index is 445. The van der Waals surface area contributed by atoms with Crippen molar-refractivity contribution in [1.82, 2.24) is 0 Å². The van der Waals surface area contributed by atoms with Crippen LogP contribution in [-0.2, 0) is 0 Å². The molecule has 2 heteroatoms. The highest BCUT2D eigenvalue weighted by atomic mass is 16.3. The maximum atomic E-state index is 10.5. The minimum absolute atomic E-state index is 0.190. The van der Waals surface area contributed by atoms with Crippen LogP contribution in [0.5, 0.6) is 0 Å². The molecule has 2 bridgehead atoms. The molecular weight excluding hydrogens is 272 g/mol. The Hall–Kier alpha value is -0.0800. The van der Waals surface area contributed by atoms with Gasteiger partial charge in [-0.2, -0.15) is 0 Å². The van der Waals surface area contributed by atoms with E-state index < -0.39 is 0 Å². The van der Waals surface area contributed by atoms with Crippen LogP contribution in [0, 0.1) is 39.9 Å².